The first-order valence-corrected chi connectivity index (χ1v) is 13.3. The highest BCUT2D eigenvalue weighted by Crippen LogP contribution is 2.36. The highest BCUT2D eigenvalue weighted by molar-refractivity contribution is 6.05. The minimum atomic E-state index is -0.752. The number of imide groups is 1. The molecule has 1 N–H and O–H groups in total. The number of anilines is 1. The Hall–Kier alpha value is -2.56. The number of carbonyl (C=O) groups excluding carboxylic acids is 3. The fourth-order valence-electron chi connectivity index (χ4n) is 6.32. The van der Waals surface area contributed by atoms with Crippen molar-refractivity contribution in [1.29, 1.82) is 0 Å². The normalized spacial score (nSPS) is 27.1. The first-order chi connectivity index (χ1) is 17.9. The largest absolute Gasteiger partial charge is 0.375 e. The molecule has 1 unspecified atom stereocenters. The minimum Gasteiger partial charge on any atom is -0.375 e. The zero-order chi connectivity index (χ0) is 26.1. The number of methoxy groups -OCH3 is 2. The van der Waals surface area contributed by atoms with Crippen LogP contribution in [0.25, 0.3) is 0 Å². The van der Waals surface area contributed by atoms with E-state index in [2.05, 4.69) is 5.32 Å². The van der Waals surface area contributed by atoms with Gasteiger partial charge in [0.05, 0.1) is 24.4 Å². The summed E-state index contributed by atoms with van der Waals surface area (Å²) >= 11 is 0. The van der Waals surface area contributed by atoms with Gasteiger partial charge in [-0.15, -0.1) is 0 Å². The van der Waals surface area contributed by atoms with Crippen molar-refractivity contribution in [1.82, 2.24) is 10.2 Å². The van der Waals surface area contributed by atoms with Gasteiger partial charge in [-0.25, -0.2) is 4.39 Å². The van der Waals surface area contributed by atoms with Gasteiger partial charge in [-0.1, -0.05) is 0 Å². The van der Waals surface area contributed by atoms with E-state index < -0.39 is 17.8 Å². The van der Waals surface area contributed by atoms with Crippen molar-refractivity contribution >= 4 is 23.4 Å². The van der Waals surface area contributed by atoms with Crippen molar-refractivity contribution in [2.45, 2.75) is 82.5 Å². The Labute approximate surface area is 216 Å². The van der Waals surface area contributed by atoms with Crippen LogP contribution in [0.5, 0.6) is 0 Å². The predicted octanol–water partition coefficient (Wildman–Crippen LogP) is 2.75. The summed E-state index contributed by atoms with van der Waals surface area (Å²) in [7, 11) is 3.36. The van der Waals surface area contributed by atoms with E-state index in [4.69, 9.17) is 14.2 Å². The number of carbonyl (C=O) groups is 3. The number of fused-ring (bicyclic) bond motifs is 1. The van der Waals surface area contributed by atoms with Crippen LogP contribution < -0.4 is 10.2 Å². The standard InChI is InChI=1S/C27H36FN3O6/c1-35-27(36-2)16-3-5-17(6-4-16)37-18-11-13-30(14-12-18)21-8-7-19-20(24(21)28)15-31(26(19)34)22-9-10-23(32)29-25(22)33/h7-8,16-18,22,27H,3-6,9-15H2,1-2H3,(H,29,32,33)/t16-,17-,22?. The van der Waals surface area contributed by atoms with E-state index in [0.29, 0.717) is 35.8 Å². The summed E-state index contributed by atoms with van der Waals surface area (Å²) in [6.45, 7) is 1.39. The third kappa shape index (κ3) is 5.24. The number of nitrogens with one attached hydrogen (secondary N) is 1. The van der Waals surface area contributed by atoms with Crippen LogP contribution >= 0.6 is 0 Å². The maximum absolute atomic E-state index is 15.6. The van der Waals surface area contributed by atoms with Crippen molar-refractivity contribution in [3.05, 3.63) is 29.1 Å². The van der Waals surface area contributed by atoms with E-state index in [0.717, 1.165) is 38.5 Å². The lowest BCUT2D eigenvalue weighted by Crippen LogP contribution is -2.52. The van der Waals surface area contributed by atoms with Gasteiger partial charge in [0, 0.05) is 50.8 Å². The maximum Gasteiger partial charge on any atom is 0.255 e. The fourth-order valence-corrected chi connectivity index (χ4v) is 6.32. The summed E-state index contributed by atoms with van der Waals surface area (Å²) in [5.41, 5.74) is 1.11. The topological polar surface area (TPSA) is 97.4 Å². The molecule has 0 aromatic heterocycles. The summed E-state index contributed by atoms with van der Waals surface area (Å²) in [6.07, 6.45) is 6.32. The van der Waals surface area contributed by atoms with Crippen LogP contribution in [0.3, 0.4) is 0 Å². The number of benzene rings is 1. The Bertz CT molecular complexity index is 1030. The molecule has 202 valence electrons. The van der Waals surface area contributed by atoms with E-state index in [1.165, 1.54) is 4.90 Å². The summed E-state index contributed by atoms with van der Waals surface area (Å²) < 4.78 is 32.9. The van der Waals surface area contributed by atoms with Crippen molar-refractivity contribution in [3.8, 4) is 0 Å². The Morgan fingerprint density at radius 2 is 1.62 bits per heavy atom. The molecule has 2 saturated heterocycles. The summed E-state index contributed by atoms with van der Waals surface area (Å²) in [5, 5.41) is 2.28. The molecule has 3 heterocycles. The summed E-state index contributed by atoms with van der Waals surface area (Å²) in [5.74, 6) is -1.20. The molecule has 0 spiro atoms. The highest BCUT2D eigenvalue weighted by Gasteiger charge is 2.41. The molecule has 1 aliphatic carbocycles. The Kier molecular flexibility index (Phi) is 7.78. The van der Waals surface area contributed by atoms with Crippen LogP contribution in [0, 0.1) is 11.7 Å². The van der Waals surface area contributed by atoms with Crippen molar-refractivity contribution in [2.24, 2.45) is 5.92 Å². The summed E-state index contributed by atoms with van der Waals surface area (Å²) in [4.78, 5) is 40.1. The molecular weight excluding hydrogens is 481 g/mol. The first kappa shape index (κ1) is 26.1. The molecule has 0 radical (unpaired) electrons. The number of nitrogens with zero attached hydrogens (tertiary/aromatic N) is 2. The number of hydrogen-bond acceptors (Lipinski definition) is 7. The van der Waals surface area contributed by atoms with Crippen LogP contribution in [-0.4, -0.2) is 74.5 Å². The van der Waals surface area contributed by atoms with Crippen molar-refractivity contribution in [2.75, 3.05) is 32.2 Å². The van der Waals surface area contributed by atoms with Gasteiger partial charge < -0.3 is 24.0 Å². The van der Waals surface area contributed by atoms with Crippen LogP contribution in [0.2, 0.25) is 0 Å². The van der Waals surface area contributed by atoms with Gasteiger partial charge in [-0.2, -0.15) is 0 Å². The Morgan fingerprint density at radius 1 is 0.946 bits per heavy atom. The molecule has 5 rings (SSSR count). The lowest BCUT2D eigenvalue weighted by Gasteiger charge is -2.38. The van der Waals surface area contributed by atoms with Crippen molar-refractivity contribution < 1.29 is 33.0 Å². The van der Waals surface area contributed by atoms with E-state index in [9.17, 15) is 14.4 Å². The number of halogens is 1. The Morgan fingerprint density at radius 3 is 2.27 bits per heavy atom. The molecule has 0 bridgehead atoms. The van der Waals surface area contributed by atoms with E-state index in [-0.39, 0.29) is 49.7 Å². The molecular formula is C27H36FN3O6. The molecule has 4 aliphatic rings. The second kappa shape index (κ2) is 11.0. The maximum atomic E-state index is 15.6. The molecule has 3 fully saturated rings. The third-order valence-electron chi connectivity index (χ3n) is 8.36. The SMILES string of the molecule is COC(OC)[C@H]1CC[C@H](OC2CCN(c3ccc4c(c3F)CN(C3CCC(=O)NC3=O)C4=O)CC2)CC1. The van der Waals surface area contributed by atoms with Crippen LogP contribution in [0.15, 0.2) is 12.1 Å². The van der Waals surface area contributed by atoms with E-state index in [1.54, 1.807) is 26.4 Å². The molecule has 9 nitrogen and oxygen atoms in total. The number of rotatable bonds is 7. The van der Waals surface area contributed by atoms with Gasteiger partial charge in [0.15, 0.2) is 12.1 Å². The molecule has 10 heteroatoms. The van der Waals surface area contributed by atoms with E-state index >= 15 is 4.39 Å². The fraction of sp³-hybridized carbons (Fsp3) is 0.667. The molecule has 1 aromatic carbocycles. The van der Waals surface area contributed by atoms with Gasteiger partial charge in [0.25, 0.3) is 5.91 Å². The zero-order valence-corrected chi connectivity index (χ0v) is 21.5. The highest BCUT2D eigenvalue weighted by atomic mass is 19.1. The predicted molar refractivity (Wildman–Crippen MR) is 132 cm³/mol. The van der Waals surface area contributed by atoms with Gasteiger partial charge >= 0.3 is 0 Å². The zero-order valence-electron chi connectivity index (χ0n) is 21.5. The van der Waals surface area contributed by atoms with Gasteiger partial charge in [0.2, 0.25) is 11.8 Å². The molecule has 3 amide bonds. The quantitative estimate of drug-likeness (QED) is 0.439. The number of amides is 3. The minimum absolute atomic E-state index is 0.0371. The average Bonchev–Trinajstić information content (AvgIpc) is 3.23. The lowest BCUT2D eigenvalue weighted by molar-refractivity contribution is -0.153. The second-order valence-corrected chi connectivity index (χ2v) is 10.5. The van der Waals surface area contributed by atoms with Gasteiger partial charge in [-0.3, -0.25) is 19.7 Å². The second-order valence-electron chi connectivity index (χ2n) is 10.5. The Balaban J connectivity index is 1.16. The van der Waals surface area contributed by atoms with Crippen molar-refractivity contribution in [3.63, 3.8) is 0 Å². The number of hydrogen-bond donors (Lipinski definition) is 1. The first-order valence-electron chi connectivity index (χ1n) is 13.3. The average molecular weight is 518 g/mol. The molecule has 37 heavy (non-hydrogen) atoms. The monoisotopic (exact) mass is 517 g/mol. The molecule has 3 aliphatic heterocycles. The molecule has 1 atom stereocenters. The smallest absolute Gasteiger partial charge is 0.255 e. The van der Waals surface area contributed by atoms with Crippen LogP contribution in [-0.2, 0) is 30.3 Å². The lowest BCUT2D eigenvalue weighted by atomic mass is 9.86. The van der Waals surface area contributed by atoms with E-state index in [1.807, 2.05) is 4.90 Å². The van der Waals surface area contributed by atoms with Crippen LogP contribution in [0.1, 0.15) is 67.3 Å². The molecule has 1 saturated carbocycles. The van der Waals surface area contributed by atoms with Gasteiger partial charge in [0.1, 0.15) is 6.04 Å². The van der Waals surface area contributed by atoms with Crippen LogP contribution in [0.4, 0.5) is 10.1 Å². The molecule has 1 aromatic rings. The number of ether oxygens (including phenoxy) is 3. The number of piperidine rings is 2. The third-order valence-corrected chi connectivity index (χ3v) is 8.36. The summed E-state index contributed by atoms with van der Waals surface area (Å²) in [6, 6.07) is 2.58. The van der Waals surface area contributed by atoms with Gasteiger partial charge in [-0.05, 0) is 57.1 Å².